The second-order valence-electron chi connectivity index (χ2n) is 4.08. The predicted molar refractivity (Wildman–Crippen MR) is 86.3 cm³/mol. The maximum Gasteiger partial charge on any atom is 0.191 e. The lowest BCUT2D eigenvalue weighted by Gasteiger charge is -2.07. The quantitative estimate of drug-likeness (QED) is 0.517. The van der Waals surface area contributed by atoms with Crippen LogP contribution in [0, 0.1) is 5.82 Å². The van der Waals surface area contributed by atoms with Crippen molar-refractivity contribution >= 4 is 29.2 Å². The zero-order chi connectivity index (χ0) is 15.1. The van der Waals surface area contributed by atoms with Crippen molar-refractivity contribution in [2.75, 3.05) is 12.4 Å². The first-order valence-corrected chi connectivity index (χ1v) is 6.58. The number of para-hydroxylation sites is 1. The summed E-state index contributed by atoms with van der Waals surface area (Å²) < 4.78 is 18.2. The SMILES string of the molecule is COc1ccccc1C=NNC(=S)Nc1cccc(F)c1. The number of nitrogens with one attached hydrogen (secondary N) is 2. The number of hydrazone groups is 1. The molecule has 4 nitrogen and oxygen atoms in total. The Kier molecular flexibility index (Phi) is 5.22. The Hall–Kier alpha value is -2.47. The van der Waals surface area contributed by atoms with Gasteiger partial charge in [0.1, 0.15) is 11.6 Å². The summed E-state index contributed by atoms with van der Waals surface area (Å²) in [4.78, 5) is 0. The van der Waals surface area contributed by atoms with Crippen LogP contribution in [-0.4, -0.2) is 18.4 Å². The number of hydrogen-bond donors (Lipinski definition) is 2. The lowest BCUT2D eigenvalue weighted by molar-refractivity contribution is 0.414. The van der Waals surface area contributed by atoms with Crippen LogP contribution >= 0.6 is 12.2 Å². The van der Waals surface area contributed by atoms with Crippen molar-refractivity contribution in [2.45, 2.75) is 0 Å². The third-order valence-electron chi connectivity index (χ3n) is 2.59. The van der Waals surface area contributed by atoms with Crippen molar-refractivity contribution in [3.8, 4) is 5.75 Å². The highest BCUT2D eigenvalue weighted by Gasteiger charge is 1.99. The van der Waals surface area contributed by atoms with Gasteiger partial charge in [-0.2, -0.15) is 5.10 Å². The van der Waals surface area contributed by atoms with E-state index in [0.29, 0.717) is 11.4 Å². The second kappa shape index (κ2) is 7.35. The number of nitrogens with zero attached hydrogens (tertiary/aromatic N) is 1. The number of methoxy groups -OCH3 is 1. The maximum absolute atomic E-state index is 13.0. The molecule has 0 bridgehead atoms. The Morgan fingerprint density at radius 2 is 2.05 bits per heavy atom. The summed E-state index contributed by atoms with van der Waals surface area (Å²) in [5.74, 6) is 0.382. The van der Waals surface area contributed by atoms with Gasteiger partial charge in [-0.1, -0.05) is 18.2 Å². The van der Waals surface area contributed by atoms with Crippen LogP contribution < -0.4 is 15.5 Å². The molecule has 0 unspecified atom stereocenters. The van der Waals surface area contributed by atoms with Crippen molar-refractivity contribution in [1.82, 2.24) is 5.43 Å². The van der Waals surface area contributed by atoms with Crippen molar-refractivity contribution < 1.29 is 9.13 Å². The van der Waals surface area contributed by atoms with Gasteiger partial charge in [0.2, 0.25) is 0 Å². The summed E-state index contributed by atoms with van der Waals surface area (Å²) in [6.45, 7) is 0. The van der Waals surface area contributed by atoms with Gasteiger partial charge < -0.3 is 10.1 Å². The Labute approximate surface area is 127 Å². The number of ether oxygens (including phenoxy) is 1. The van der Waals surface area contributed by atoms with Gasteiger partial charge >= 0.3 is 0 Å². The van der Waals surface area contributed by atoms with E-state index in [0.717, 1.165) is 5.56 Å². The highest BCUT2D eigenvalue weighted by Crippen LogP contribution is 2.14. The fourth-order valence-corrected chi connectivity index (χ4v) is 1.83. The molecule has 0 amide bonds. The van der Waals surface area contributed by atoms with Crippen LogP contribution in [0.1, 0.15) is 5.56 Å². The molecule has 108 valence electrons. The maximum atomic E-state index is 13.0. The number of thiocarbonyl (C=S) groups is 1. The summed E-state index contributed by atoms with van der Waals surface area (Å²) >= 11 is 5.07. The Morgan fingerprint density at radius 1 is 1.24 bits per heavy atom. The number of halogens is 1. The van der Waals surface area contributed by atoms with Gasteiger partial charge in [0.15, 0.2) is 5.11 Å². The zero-order valence-corrected chi connectivity index (χ0v) is 12.2. The van der Waals surface area contributed by atoms with E-state index in [2.05, 4.69) is 15.8 Å². The molecular formula is C15H14FN3OS. The smallest absolute Gasteiger partial charge is 0.191 e. The number of benzene rings is 2. The molecule has 0 aliphatic carbocycles. The fourth-order valence-electron chi connectivity index (χ4n) is 1.66. The largest absolute Gasteiger partial charge is 0.496 e. The fraction of sp³-hybridized carbons (Fsp3) is 0.0667. The van der Waals surface area contributed by atoms with Gasteiger partial charge in [0, 0.05) is 11.3 Å². The van der Waals surface area contributed by atoms with E-state index in [4.69, 9.17) is 17.0 Å². The van der Waals surface area contributed by atoms with E-state index in [1.54, 1.807) is 25.5 Å². The molecule has 2 aromatic carbocycles. The Balaban J connectivity index is 1.93. The van der Waals surface area contributed by atoms with Crippen LogP contribution in [0.25, 0.3) is 0 Å². The molecule has 0 aromatic heterocycles. The summed E-state index contributed by atoms with van der Waals surface area (Å²) in [5, 5.41) is 7.12. The molecule has 0 saturated carbocycles. The van der Waals surface area contributed by atoms with Crippen LogP contribution in [0.2, 0.25) is 0 Å². The molecule has 0 radical (unpaired) electrons. The standard InChI is InChI=1S/C15H14FN3OS/c1-20-14-8-3-2-5-11(14)10-17-19-15(21)18-13-7-4-6-12(16)9-13/h2-10H,1H3,(H2,18,19,21). The average Bonchev–Trinajstić information content (AvgIpc) is 2.47. The Morgan fingerprint density at radius 3 is 2.81 bits per heavy atom. The molecule has 0 spiro atoms. The third-order valence-corrected chi connectivity index (χ3v) is 2.78. The average molecular weight is 303 g/mol. The van der Waals surface area contributed by atoms with E-state index in [1.807, 2.05) is 24.3 Å². The number of hydrogen-bond acceptors (Lipinski definition) is 3. The second-order valence-corrected chi connectivity index (χ2v) is 4.48. The molecule has 0 aliphatic rings. The van der Waals surface area contributed by atoms with Gasteiger partial charge in [-0.05, 0) is 42.5 Å². The van der Waals surface area contributed by atoms with Crippen LogP contribution in [0.4, 0.5) is 10.1 Å². The van der Waals surface area contributed by atoms with E-state index in [1.165, 1.54) is 12.1 Å². The summed E-state index contributed by atoms with van der Waals surface area (Å²) in [7, 11) is 1.59. The van der Waals surface area contributed by atoms with E-state index >= 15 is 0 Å². The van der Waals surface area contributed by atoms with Crippen molar-refractivity contribution in [3.05, 3.63) is 59.9 Å². The van der Waals surface area contributed by atoms with Crippen LogP contribution in [-0.2, 0) is 0 Å². The lowest BCUT2D eigenvalue weighted by Crippen LogP contribution is -2.23. The first-order valence-electron chi connectivity index (χ1n) is 6.17. The highest BCUT2D eigenvalue weighted by molar-refractivity contribution is 7.80. The van der Waals surface area contributed by atoms with Gasteiger partial charge in [0.25, 0.3) is 0 Å². The van der Waals surface area contributed by atoms with Gasteiger partial charge in [-0.3, -0.25) is 5.43 Å². The van der Waals surface area contributed by atoms with Gasteiger partial charge in [0.05, 0.1) is 13.3 Å². The monoisotopic (exact) mass is 303 g/mol. The van der Waals surface area contributed by atoms with E-state index < -0.39 is 0 Å². The van der Waals surface area contributed by atoms with Gasteiger partial charge in [-0.25, -0.2) is 4.39 Å². The first kappa shape index (κ1) is 14.9. The minimum atomic E-state index is -0.333. The normalized spacial score (nSPS) is 10.4. The summed E-state index contributed by atoms with van der Waals surface area (Å²) in [5.41, 5.74) is 4.04. The molecule has 0 heterocycles. The molecule has 2 rings (SSSR count). The Bertz CT molecular complexity index is 661. The van der Waals surface area contributed by atoms with Crippen LogP contribution in [0.3, 0.4) is 0 Å². The molecule has 2 aromatic rings. The minimum Gasteiger partial charge on any atom is -0.496 e. The molecule has 0 saturated heterocycles. The van der Waals surface area contributed by atoms with Crippen molar-refractivity contribution in [1.29, 1.82) is 0 Å². The van der Waals surface area contributed by atoms with Gasteiger partial charge in [-0.15, -0.1) is 0 Å². The molecule has 2 N–H and O–H groups in total. The van der Waals surface area contributed by atoms with Crippen LogP contribution in [0.15, 0.2) is 53.6 Å². The zero-order valence-electron chi connectivity index (χ0n) is 11.3. The predicted octanol–water partition coefficient (Wildman–Crippen LogP) is 3.15. The van der Waals surface area contributed by atoms with E-state index in [9.17, 15) is 4.39 Å². The first-order chi connectivity index (χ1) is 10.2. The van der Waals surface area contributed by atoms with E-state index in [-0.39, 0.29) is 10.9 Å². The molecule has 0 atom stereocenters. The highest BCUT2D eigenvalue weighted by atomic mass is 32.1. The van der Waals surface area contributed by atoms with Crippen molar-refractivity contribution in [3.63, 3.8) is 0 Å². The lowest BCUT2D eigenvalue weighted by atomic mass is 10.2. The molecule has 0 fully saturated rings. The molecule has 0 aliphatic heterocycles. The molecular weight excluding hydrogens is 289 g/mol. The van der Waals surface area contributed by atoms with Crippen LogP contribution in [0.5, 0.6) is 5.75 Å². The number of rotatable bonds is 4. The summed E-state index contributed by atoms with van der Waals surface area (Å²) in [6.07, 6.45) is 1.60. The third kappa shape index (κ3) is 4.54. The topological polar surface area (TPSA) is 45.6 Å². The van der Waals surface area contributed by atoms with Crippen molar-refractivity contribution in [2.24, 2.45) is 5.10 Å². The molecule has 6 heteroatoms. The molecule has 21 heavy (non-hydrogen) atoms. The minimum absolute atomic E-state index is 0.270. The number of anilines is 1. The summed E-state index contributed by atoms with van der Waals surface area (Å²) in [6, 6.07) is 13.5.